The largest absolute Gasteiger partial charge is 0.489 e. The Morgan fingerprint density at radius 1 is 1.32 bits per heavy atom. The van der Waals surface area contributed by atoms with Crippen LogP contribution in [-0.2, 0) is 4.74 Å². The lowest BCUT2D eigenvalue weighted by atomic mass is 10.2. The zero-order valence-corrected chi connectivity index (χ0v) is 13.5. The van der Waals surface area contributed by atoms with E-state index in [1.807, 2.05) is 18.2 Å². The van der Waals surface area contributed by atoms with Gasteiger partial charge < -0.3 is 19.2 Å². The molecule has 5 nitrogen and oxygen atoms in total. The minimum absolute atomic E-state index is 0.129. The number of hydrogen-bond acceptors (Lipinski definition) is 4. The second-order valence-electron chi connectivity index (χ2n) is 5.00. The van der Waals surface area contributed by atoms with Gasteiger partial charge in [-0.15, -0.1) is 0 Å². The van der Waals surface area contributed by atoms with Crippen LogP contribution in [0.4, 0.5) is 5.69 Å². The van der Waals surface area contributed by atoms with Crippen molar-refractivity contribution < 1.29 is 18.7 Å². The van der Waals surface area contributed by atoms with Crippen molar-refractivity contribution in [2.45, 2.75) is 18.9 Å². The van der Waals surface area contributed by atoms with E-state index >= 15 is 0 Å². The Morgan fingerprint density at radius 2 is 2.18 bits per heavy atom. The Hall–Kier alpha value is -1.79. The van der Waals surface area contributed by atoms with Gasteiger partial charge in [-0.3, -0.25) is 4.79 Å². The Kier molecular flexibility index (Phi) is 4.80. The molecule has 1 aromatic heterocycles. The minimum Gasteiger partial charge on any atom is -0.489 e. The zero-order chi connectivity index (χ0) is 15.4. The molecule has 1 N–H and O–H groups in total. The number of para-hydroxylation sites is 2. The molecule has 6 heteroatoms. The van der Waals surface area contributed by atoms with Crippen LogP contribution in [0.1, 0.15) is 23.4 Å². The predicted molar refractivity (Wildman–Crippen MR) is 85.3 cm³/mol. The molecule has 1 amide bonds. The van der Waals surface area contributed by atoms with E-state index < -0.39 is 0 Å². The van der Waals surface area contributed by atoms with Crippen molar-refractivity contribution in [3.05, 3.63) is 46.8 Å². The van der Waals surface area contributed by atoms with Gasteiger partial charge >= 0.3 is 0 Å². The Bertz CT molecular complexity index is 649. The number of ether oxygens (including phenoxy) is 2. The lowest BCUT2D eigenvalue weighted by Gasteiger charge is -2.14. The Balaban J connectivity index is 1.66. The first-order valence-corrected chi connectivity index (χ1v) is 7.92. The lowest BCUT2D eigenvalue weighted by molar-refractivity contribution is 0.0681. The summed E-state index contributed by atoms with van der Waals surface area (Å²) in [6.07, 6.45) is 2.21. The van der Waals surface area contributed by atoms with E-state index in [0.29, 0.717) is 22.7 Å². The summed E-state index contributed by atoms with van der Waals surface area (Å²) in [6, 6.07) is 10.6. The van der Waals surface area contributed by atoms with Crippen LogP contribution in [-0.4, -0.2) is 25.2 Å². The second-order valence-corrected chi connectivity index (χ2v) is 5.78. The van der Waals surface area contributed by atoms with E-state index in [0.717, 1.165) is 19.4 Å². The topological polar surface area (TPSA) is 60.7 Å². The van der Waals surface area contributed by atoms with Crippen LogP contribution in [0.3, 0.4) is 0 Å². The van der Waals surface area contributed by atoms with Crippen molar-refractivity contribution in [2.24, 2.45) is 0 Å². The van der Waals surface area contributed by atoms with Crippen LogP contribution in [0, 0.1) is 0 Å². The van der Waals surface area contributed by atoms with E-state index in [9.17, 15) is 4.79 Å². The van der Waals surface area contributed by atoms with Gasteiger partial charge in [0, 0.05) is 6.61 Å². The standard InChI is InChI=1S/C16H16BrNO4/c17-15-8-7-14(22-15)16(19)18-12-5-1-2-6-13(12)21-10-11-4-3-9-20-11/h1-2,5-8,11H,3-4,9-10H2,(H,18,19)/t11-/m0/s1. The molecule has 0 spiro atoms. The highest BCUT2D eigenvalue weighted by molar-refractivity contribution is 9.10. The number of carbonyl (C=O) groups excluding carboxylic acids is 1. The maximum absolute atomic E-state index is 12.1. The fourth-order valence-electron chi connectivity index (χ4n) is 2.27. The summed E-state index contributed by atoms with van der Waals surface area (Å²) in [5.41, 5.74) is 0.609. The molecule has 1 saturated heterocycles. The highest BCUT2D eigenvalue weighted by atomic mass is 79.9. The number of hydrogen-bond donors (Lipinski definition) is 1. The highest BCUT2D eigenvalue weighted by Crippen LogP contribution is 2.26. The second kappa shape index (κ2) is 6.98. The molecule has 0 aliphatic carbocycles. The third-order valence-corrected chi connectivity index (χ3v) is 3.81. The average Bonchev–Trinajstić information content (AvgIpc) is 3.17. The van der Waals surface area contributed by atoms with E-state index in [4.69, 9.17) is 13.9 Å². The normalized spacial score (nSPS) is 17.4. The van der Waals surface area contributed by atoms with Crippen LogP contribution in [0.25, 0.3) is 0 Å². The van der Waals surface area contributed by atoms with Gasteiger partial charge in [-0.2, -0.15) is 0 Å². The fourth-order valence-corrected chi connectivity index (χ4v) is 2.58. The maximum atomic E-state index is 12.1. The van der Waals surface area contributed by atoms with Crippen molar-refractivity contribution in [3.8, 4) is 5.75 Å². The Morgan fingerprint density at radius 3 is 2.91 bits per heavy atom. The smallest absolute Gasteiger partial charge is 0.291 e. The summed E-state index contributed by atoms with van der Waals surface area (Å²) in [4.78, 5) is 12.1. The summed E-state index contributed by atoms with van der Waals surface area (Å²) in [6.45, 7) is 1.28. The van der Waals surface area contributed by atoms with E-state index in [1.54, 1.807) is 18.2 Å². The number of rotatable bonds is 5. The van der Waals surface area contributed by atoms with Gasteiger partial charge in [0.1, 0.15) is 12.4 Å². The molecule has 0 bridgehead atoms. The summed E-state index contributed by atoms with van der Waals surface area (Å²) < 4.78 is 17.1. The SMILES string of the molecule is O=C(Nc1ccccc1OC[C@@H]1CCCO1)c1ccc(Br)o1. The van der Waals surface area contributed by atoms with Crippen LogP contribution >= 0.6 is 15.9 Å². The molecule has 0 unspecified atom stereocenters. The van der Waals surface area contributed by atoms with Gasteiger partial charge in [-0.1, -0.05) is 12.1 Å². The number of halogens is 1. The third kappa shape index (κ3) is 3.69. The number of amides is 1. The molecule has 1 aromatic carbocycles. The first-order valence-electron chi connectivity index (χ1n) is 7.12. The third-order valence-electron chi connectivity index (χ3n) is 3.38. The molecule has 0 radical (unpaired) electrons. The molecule has 2 aromatic rings. The molecule has 1 atom stereocenters. The first kappa shape index (κ1) is 15.1. The monoisotopic (exact) mass is 365 g/mol. The molecular formula is C16H16BrNO4. The number of nitrogens with one attached hydrogen (secondary N) is 1. The van der Waals surface area contributed by atoms with E-state index in [1.165, 1.54) is 0 Å². The average molecular weight is 366 g/mol. The van der Waals surface area contributed by atoms with Gasteiger partial charge in [0.15, 0.2) is 10.4 Å². The van der Waals surface area contributed by atoms with Crippen molar-refractivity contribution >= 4 is 27.5 Å². The van der Waals surface area contributed by atoms with Crippen LogP contribution in [0.15, 0.2) is 45.5 Å². The number of benzene rings is 1. The van der Waals surface area contributed by atoms with E-state index in [-0.39, 0.29) is 17.8 Å². The summed E-state index contributed by atoms with van der Waals surface area (Å²) in [5, 5.41) is 2.80. The van der Waals surface area contributed by atoms with Gasteiger partial charge in [-0.25, -0.2) is 0 Å². The molecule has 1 aliphatic rings. The van der Waals surface area contributed by atoms with Crippen LogP contribution in [0.5, 0.6) is 5.75 Å². The van der Waals surface area contributed by atoms with E-state index in [2.05, 4.69) is 21.2 Å². The molecule has 116 valence electrons. The minimum atomic E-state index is -0.320. The molecule has 22 heavy (non-hydrogen) atoms. The summed E-state index contributed by atoms with van der Waals surface area (Å²) >= 11 is 3.18. The maximum Gasteiger partial charge on any atom is 0.291 e. The summed E-state index contributed by atoms with van der Waals surface area (Å²) in [7, 11) is 0. The Labute approximate surface area is 136 Å². The predicted octanol–water partition coefficient (Wildman–Crippen LogP) is 3.85. The molecule has 2 heterocycles. The van der Waals surface area contributed by atoms with Gasteiger partial charge in [0.25, 0.3) is 5.91 Å². The first-order chi connectivity index (χ1) is 10.7. The molecule has 1 aliphatic heterocycles. The molecule has 3 rings (SSSR count). The van der Waals surface area contributed by atoms with Crippen molar-refractivity contribution in [1.29, 1.82) is 0 Å². The number of anilines is 1. The number of carbonyl (C=O) groups is 1. The number of furan rings is 1. The van der Waals surface area contributed by atoms with Crippen molar-refractivity contribution in [1.82, 2.24) is 0 Å². The van der Waals surface area contributed by atoms with Crippen molar-refractivity contribution in [2.75, 3.05) is 18.5 Å². The molecule has 0 saturated carbocycles. The van der Waals surface area contributed by atoms with Gasteiger partial charge in [0.2, 0.25) is 0 Å². The van der Waals surface area contributed by atoms with Crippen molar-refractivity contribution in [3.63, 3.8) is 0 Å². The zero-order valence-electron chi connectivity index (χ0n) is 11.9. The summed E-state index contributed by atoms with van der Waals surface area (Å²) in [5.74, 6) is 0.539. The lowest BCUT2D eigenvalue weighted by Crippen LogP contribution is -2.18. The highest BCUT2D eigenvalue weighted by Gasteiger charge is 2.18. The van der Waals surface area contributed by atoms with Crippen LogP contribution < -0.4 is 10.1 Å². The molecular weight excluding hydrogens is 350 g/mol. The van der Waals surface area contributed by atoms with Gasteiger partial charge in [-0.05, 0) is 53.0 Å². The van der Waals surface area contributed by atoms with Crippen LogP contribution in [0.2, 0.25) is 0 Å². The quantitative estimate of drug-likeness (QED) is 0.873. The van der Waals surface area contributed by atoms with Gasteiger partial charge in [0.05, 0.1) is 11.8 Å². The molecule has 1 fully saturated rings. The fraction of sp³-hybridized carbons (Fsp3) is 0.312.